The van der Waals surface area contributed by atoms with Crippen molar-refractivity contribution in [1.82, 2.24) is 5.01 Å². The Hall–Kier alpha value is -1.55. The molecule has 0 bridgehead atoms. The molecule has 5 heteroatoms. The Morgan fingerprint density at radius 3 is 2.67 bits per heavy atom. The number of hydrogen-bond acceptors (Lipinski definition) is 2. The lowest BCUT2D eigenvalue weighted by atomic mass is 10.1. The minimum absolute atomic E-state index is 0. The largest absolute Gasteiger partial charge is 0.350 e. The van der Waals surface area contributed by atoms with Crippen LogP contribution in [0.15, 0.2) is 35.4 Å². The molecule has 2 amide bonds. The summed E-state index contributed by atoms with van der Waals surface area (Å²) in [7, 11) is 0. The zero-order valence-electron chi connectivity index (χ0n) is 8.04. The second kappa shape index (κ2) is 4.79. The molecule has 2 N–H and O–H groups in total. The molecular weight excluding hydrogens is 214 g/mol. The summed E-state index contributed by atoms with van der Waals surface area (Å²) in [5, 5.41) is 5.24. The van der Waals surface area contributed by atoms with Gasteiger partial charge in [-0.2, -0.15) is 5.10 Å². The molecule has 15 heavy (non-hydrogen) atoms. The Bertz CT molecular complexity index is 366. The predicted molar refractivity (Wildman–Crippen MR) is 61.0 cm³/mol. The van der Waals surface area contributed by atoms with Crippen LogP contribution >= 0.6 is 12.4 Å². The Morgan fingerprint density at radius 2 is 2.07 bits per heavy atom. The fraction of sp³-hybridized carbons (Fsp3) is 0.200. The van der Waals surface area contributed by atoms with E-state index >= 15 is 0 Å². The molecule has 2 rings (SSSR count). The number of urea groups is 1. The van der Waals surface area contributed by atoms with E-state index in [-0.39, 0.29) is 18.4 Å². The second-order valence-corrected chi connectivity index (χ2v) is 3.14. The lowest BCUT2D eigenvalue weighted by molar-refractivity contribution is 0.196. The Kier molecular flexibility index (Phi) is 3.68. The molecular formula is C10H12ClN3O. The summed E-state index contributed by atoms with van der Waals surface area (Å²) >= 11 is 0. The SMILES string of the molecule is Cl.NC(=O)N1N=CCC1c1ccccc1. The molecule has 0 radical (unpaired) electrons. The van der Waals surface area contributed by atoms with Crippen LogP contribution in [0, 0.1) is 0 Å². The smallest absolute Gasteiger partial charge is 0.335 e. The standard InChI is InChI=1S/C10H11N3O.ClH/c11-10(14)13-9(6-7-12-13)8-4-2-1-3-5-8;/h1-5,7,9H,6H2,(H2,11,14);1H. The molecule has 1 aromatic rings. The van der Waals surface area contributed by atoms with Gasteiger partial charge in [-0.05, 0) is 5.56 Å². The number of carbonyl (C=O) groups excluding carboxylic acids is 1. The van der Waals surface area contributed by atoms with E-state index in [0.717, 1.165) is 12.0 Å². The molecule has 80 valence electrons. The summed E-state index contributed by atoms with van der Waals surface area (Å²) in [6.07, 6.45) is 2.44. The summed E-state index contributed by atoms with van der Waals surface area (Å²) in [4.78, 5) is 11.0. The average Bonchev–Trinajstić information content (AvgIpc) is 2.67. The Morgan fingerprint density at radius 1 is 1.40 bits per heavy atom. The summed E-state index contributed by atoms with van der Waals surface area (Å²) in [6, 6.07) is 9.21. The molecule has 0 saturated heterocycles. The second-order valence-electron chi connectivity index (χ2n) is 3.14. The van der Waals surface area contributed by atoms with E-state index in [2.05, 4.69) is 5.10 Å². The van der Waals surface area contributed by atoms with Crippen LogP contribution < -0.4 is 5.73 Å². The van der Waals surface area contributed by atoms with Crippen molar-refractivity contribution in [3.63, 3.8) is 0 Å². The van der Waals surface area contributed by atoms with Gasteiger partial charge in [0.25, 0.3) is 0 Å². The first-order valence-corrected chi connectivity index (χ1v) is 4.45. The van der Waals surface area contributed by atoms with Crippen molar-refractivity contribution in [2.75, 3.05) is 0 Å². The molecule has 0 aromatic heterocycles. The molecule has 0 spiro atoms. The van der Waals surface area contributed by atoms with E-state index in [4.69, 9.17) is 5.73 Å². The Labute approximate surface area is 94.2 Å². The highest BCUT2D eigenvalue weighted by molar-refractivity contribution is 5.85. The topological polar surface area (TPSA) is 58.7 Å². The average molecular weight is 226 g/mol. The monoisotopic (exact) mass is 225 g/mol. The number of primary amides is 1. The fourth-order valence-electron chi connectivity index (χ4n) is 1.58. The molecule has 0 saturated carbocycles. The highest BCUT2D eigenvalue weighted by Crippen LogP contribution is 2.27. The van der Waals surface area contributed by atoms with Crippen LogP contribution in [0.4, 0.5) is 4.79 Å². The van der Waals surface area contributed by atoms with Crippen molar-refractivity contribution in [2.45, 2.75) is 12.5 Å². The van der Waals surface area contributed by atoms with Crippen LogP contribution in [0.3, 0.4) is 0 Å². The van der Waals surface area contributed by atoms with Crippen molar-refractivity contribution < 1.29 is 4.79 Å². The normalized spacial score (nSPS) is 18.7. The number of carbonyl (C=O) groups is 1. The van der Waals surface area contributed by atoms with Crippen molar-refractivity contribution in [3.8, 4) is 0 Å². The van der Waals surface area contributed by atoms with Gasteiger partial charge >= 0.3 is 6.03 Å². The van der Waals surface area contributed by atoms with E-state index in [1.807, 2.05) is 30.3 Å². The highest BCUT2D eigenvalue weighted by atomic mass is 35.5. The third kappa shape index (κ3) is 2.27. The van der Waals surface area contributed by atoms with E-state index in [1.54, 1.807) is 6.21 Å². The maximum Gasteiger partial charge on any atom is 0.335 e. The maximum absolute atomic E-state index is 11.0. The number of benzene rings is 1. The molecule has 1 aliphatic heterocycles. The van der Waals surface area contributed by atoms with Gasteiger partial charge in [-0.15, -0.1) is 12.4 Å². The van der Waals surface area contributed by atoms with Crippen LogP contribution in [0.2, 0.25) is 0 Å². The predicted octanol–water partition coefficient (Wildman–Crippen LogP) is 1.92. The number of nitrogens with two attached hydrogens (primary N) is 1. The molecule has 4 nitrogen and oxygen atoms in total. The first-order chi connectivity index (χ1) is 6.79. The highest BCUT2D eigenvalue weighted by Gasteiger charge is 2.25. The minimum Gasteiger partial charge on any atom is -0.350 e. The van der Waals surface area contributed by atoms with Crippen molar-refractivity contribution in [2.24, 2.45) is 10.8 Å². The van der Waals surface area contributed by atoms with Gasteiger partial charge in [0.2, 0.25) is 0 Å². The fourth-order valence-corrected chi connectivity index (χ4v) is 1.58. The number of hydrazone groups is 1. The zero-order chi connectivity index (χ0) is 9.97. The van der Waals surface area contributed by atoms with Crippen LogP contribution in [0.1, 0.15) is 18.0 Å². The third-order valence-electron chi connectivity index (χ3n) is 2.24. The van der Waals surface area contributed by atoms with E-state index in [1.165, 1.54) is 5.01 Å². The lowest BCUT2D eigenvalue weighted by Gasteiger charge is -2.19. The van der Waals surface area contributed by atoms with E-state index in [0.29, 0.717) is 0 Å². The van der Waals surface area contributed by atoms with Crippen molar-refractivity contribution >= 4 is 24.7 Å². The van der Waals surface area contributed by atoms with Gasteiger partial charge in [-0.3, -0.25) is 0 Å². The molecule has 0 aliphatic carbocycles. The molecule has 1 unspecified atom stereocenters. The third-order valence-corrected chi connectivity index (χ3v) is 2.24. The van der Waals surface area contributed by atoms with E-state index in [9.17, 15) is 4.79 Å². The minimum atomic E-state index is -0.507. The molecule has 0 fully saturated rings. The molecule has 1 aliphatic rings. The quantitative estimate of drug-likeness (QED) is 0.780. The summed E-state index contributed by atoms with van der Waals surface area (Å²) < 4.78 is 0. The number of hydrogen-bond donors (Lipinski definition) is 1. The van der Waals surface area contributed by atoms with Crippen molar-refractivity contribution in [3.05, 3.63) is 35.9 Å². The zero-order valence-corrected chi connectivity index (χ0v) is 8.85. The van der Waals surface area contributed by atoms with Crippen LogP contribution in [-0.2, 0) is 0 Å². The van der Waals surface area contributed by atoms with Gasteiger partial charge in [0, 0.05) is 12.6 Å². The van der Waals surface area contributed by atoms with E-state index < -0.39 is 6.03 Å². The first-order valence-electron chi connectivity index (χ1n) is 4.45. The maximum atomic E-state index is 11.0. The van der Waals surface area contributed by atoms with Gasteiger partial charge in [0.15, 0.2) is 0 Å². The van der Waals surface area contributed by atoms with Crippen molar-refractivity contribution in [1.29, 1.82) is 0 Å². The van der Waals surface area contributed by atoms with Gasteiger partial charge in [-0.1, -0.05) is 30.3 Å². The number of amides is 2. The van der Waals surface area contributed by atoms with Crippen LogP contribution in [0.25, 0.3) is 0 Å². The molecule has 1 atom stereocenters. The summed E-state index contributed by atoms with van der Waals surface area (Å²) in [5.41, 5.74) is 6.26. The van der Waals surface area contributed by atoms with Crippen LogP contribution in [-0.4, -0.2) is 17.3 Å². The van der Waals surface area contributed by atoms with Crippen LogP contribution in [0.5, 0.6) is 0 Å². The van der Waals surface area contributed by atoms with Gasteiger partial charge in [0.1, 0.15) is 0 Å². The Balaban J connectivity index is 0.00000112. The molecule has 1 aromatic carbocycles. The van der Waals surface area contributed by atoms with Gasteiger partial charge in [0.05, 0.1) is 6.04 Å². The van der Waals surface area contributed by atoms with Gasteiger partial charge < -0.3 is 5.73 Å². The number of nitrogens with zero attached hydrogens (tertiary/aromatic N) is 2. The summed E-state index contributed by atoms with van der Waals surface area (Å²) in [6.45, 7) is 0. The summed E-state index contributed by atoms with van der Waals surface area (Å²) in [5.74, 6) is 0. The number of rotatable bonds is 1. The van der Waals surface area contributed by atoms with Gasteiger partial charge in [-0.25, -0.2) is 9.80 Å². The molecule has 1 heterocycles. The first kappa shape index (κ1) is 11.5. The lowest BCUT2D eigenvalue weighted by Crippen LogP contribution is -2.31. The number of halogens is 1.